The topological polar surface area (TPSA) is 62.3 Å². The van der Waals surface area contributed by atoms with Gasteiger partial charge in [0.1, 0.15) is 18.1 Å². The molecule has 1 heterocycles. The van der Waals surface area contributed by atoms with Crippen molar-refractivity contribution in [2.24, 2.45) is 12.8 Å². The van der Waals surface area contributed by atoms with Gasteiger partial charge in [-0.3, -0.25) is 4.68 Å². The molecule has 114 valence electrons. The number of hydrogen-bond acceptors (Lipinski definition) is 4. The van der Waals surface area contributed by atoms with Crippen molar-refractivity contribution in [2.45, 2.75) is 32.4 Å². The Balaban J connectivity index is 2.13. The molecule has 0 amide bonds. The Morgan fingerprint density at radius 1 is 1.33 bits per heavy atom. The second-order valence-corrected chi connectivity index (χ2v) is 5.12. The highest BCUT2D eigenvalue weighted by molar-refractivity contribution is 5.41. The second-order valence-electron chi connectivity index (χ2n) is 5.12. The number of aryl methyl sites for hydroxylation is 1. The standard InChI is InChI=1S/C16H23N3O2/c1-4-13(17)9-12-5-6-15(20-3)10-16(12)21-11-14-7-8-19(2)18-14/h5-8,10,13H,4,9,11,17H2,1-3H3. The predicted octanol–water partition coefficient (Wildman–Crippen LogP) is 2.29. The van der Waals surface area contributed by atoms with Crippen LogP contribution in [0.25, 0.3) is 0 Å². The summed E-state index contributed by atoms with van der Waals surface area (Å²) in [5.74, 6) is 1.59. The quantitative estimate of drug-likeness (QED) is 0.849. The first-order valence-corrected chi connectivity index (χ1v) is 7.16. The molecule has 5 nitrogen and oxygen atoms in total. The minimum absolute atomic E-state index is 0.135. The molecule has 2 N–H and O–H groups in total. The summed E-state index contributed by atoms with van der Waals surface area (Å²) in [4.78, 5) is 0. The fraction of sp³-hybridized carbons (Fsp3) is 0.438. The Morgan fingerprint density at radius 2 is 2.14 bits per heavy atom. The van der Waals surface area contributed by atoms with E-state index in [4.69, 9.17) is 15.2 Å². The van der Waals surface area contributed by atoms with Crippen LogP contribution in [0.1, 0.15) is 24.6 Å². The second kappa shape index (κ2) is 7.13. The lowest BCUT2D eigenvalue weighted by Crippen LogP contribution is -2.21. The third kappa shape index (κ3) is 4.23. The number of ether oxygens (including phenoxy) is 2. The van der Waals surface area contributed by atoms with Crippen LogP contribution in [0.2, 0.25) is 0 Å². The number of hydrogen-bond donors (Lipinski definition) is 1. The molecule has 1 aromatic carbocycles. The van der Waals surface area contributed by atoms with Crippen molar-refractivity contribution in [1.29, 1.82) is 0 Å². The van der Waals surface area contributed by atoms with Crippen LogP contribution in [0.3, 0.4) is 0 Å². The lowest BCUT2D eigenvalue weighted by atomic mass is 10.0. The number of benzene rings is 1. The van der Waals surface area contributed by atoms with Gasteiger partial charge >= 0.3 is 0 Å². The minimum atomic E-state index is 0.135. The first kappa shape index (κ1) is 15.4. The third-order valence-corrected chi connectivity index (χ3v) is 3.43. The van der Waals surface area contributed by atoms with Crippen LogP contribution in [0, 0.1) is 0 Å². The van der Waals surface area contributed by atoms with Gasteiger partial charge < -0.3 is 15.2 Å². The molecule has 1 atom stereocenters. The molecule has 0 spiro atoms. The zero-order valence-corrected chi connectivity index (χ0v) is 12.9. The van der Waals surface area contributed by atoms with Crippen molar-refractivity contribution in [3.8, 4) is 11.5 Å². The summed E-state index contributed by atoms with van der Waals surface area (Å²) in [6.45, 7) is 2.52. The Hall–Kier alpha value is -2.01. The zero-order chi connectivity index (χ0) is 15.2. The van der Waals surface area contributed by atoms with Gasteiger partial charge in [-0.2, -0.15) is 5.10 Å². The van der Waals surface area contributed by atoms with E-state index in [0.717, 1.165) is 35.6 Å². The Kier molecular flexibility index (Phi) is 5.22. The van der Waals surface area contributed by atoms with Gasteiger partial charge in [0.05, 0.1) is 12.8 Å². The summed E-state index contributed by atoms with van der Waals surface area (Å²) in [5.41, 5.74) is 8.05. The monoisotopic (exact) mass is 289 g/mol. The van der Waals surface area contributed by atoms with E-state index >= 15 is 0 Å². The molecule has 0 aliphatic carbocycles. The van der Waals surface area contributed by atoms with E-state index in [0.29, 0.717) is 6.61 Å². The summed E-state index contributed by atoms with van der Waals surface area (Å²) in [5, 5.41) is 4.31. The third-order valence-electron chi connectivity index (χ3n) is 3.43. The summed E-state index contributed by atoms with van der Waals surface area (Å²) in [6.07, 6.45) is 3.63. The average molecular weight is 289 g/mol. The van der Waals surface area contributed by atoms with E-state index in [9.17, 15) is 0 Å². The normalized spacial score (nSPS) is 12.2. The minimum Gasteiger partial charge on any atom is -0.497 e. The maximum Gasteiger partial charge on any atom is 0.132 e. The van der Waals surface area contributed by atoms with Crippen LogP contribution in [-0.4, -0.2) is 22.9 Å². The molecule has 0 saturated heterocycles. The van der Waals surface area contributed by atoms with E-state index in [2.05, 4.69) is 12.0 Å². The average Bonchev–Trinajstić information content (AvgIpc) is 2.91. The molecule has 5 heteroatoms. The van der Waals surface area contributed by atoms with Crippen molar-refractivity contribution in [3.05, 3.63) is 41.7 Å². The van der Waals surface area contributed by atoms with Crippen LogP contribution in [0.15, 0.2) is 30.5 Å². The number of aromatic nitrogens is 2. The number of methoxy groups -OCH3 is 1. The van der Waals surface area contributed by atoms with Gasteiger partial charge in [-0.05, 0) is 30.5 Å². The van der Waals surface area contributed by atoms with Crippen molar-refractivity contribution >= 4 is 0 Å². The largest absolute Gasteiger partial charge is 0.497 e. The van der Waals surface area contributed by atoms with Gasteiger partial charge in [-0.15, -0.1) is 0 Å². The van der Waals surface area contributed by atoms with Gasteiger partial charge in [0.15, 0.2) is 0 Å². The van der Waals surface area contributed by atoms with Crippen molar-refractivity contribution in [3.63, 3.8) is 0 Å². The molecule has 0 radical (unpaired) electrons. The van der Waals surface area contributed by atoms with E-state index < -0.39 is 0 Å². The van der Waals surface area contributed by atoms with Crippen molar-refractivity contribution in [1.82, 2.24) is 9.78 Å². The fourth-order valence-electron chi connectivity index (χ4n) is 2.08. The van der Waals surface area contributed by atoms with Gasteiger partial charge in [-0.25, -0.2) is 0 Å². The van der Waals surface area contributed by atoms with Crippen LogP contribution < -0.4 is 15.2 Å². The molecule has 0 fully saturated rings. The molecule has 0 bridgehead atoms. The summed E-state index contributed by atoms with van der Waals surface area (Å²) < 4.78 is 12.9. The highest BCUT2D eigenvalue weighted by Crippen LogP contribution is 2.26. The lowest BCUT2D eigenvalue weighted by molar-refractivity contribution is 0.293. The SMILES string of the molecule is CCC(N)Cc1ccc(OC)cc1OCc1ccn(C)n1. The van der Waals surface area contributed by atoms with Gasteiger partial charge in [0.25, 0.3) is 0 Å². The smallest absolute Gasteiger partial charge is 0.132 e. The molecule has 1 unspecified atom stereocenters. The Labute approximate surface area is 125 Å². The predicted molar refractivity (Wildman–Crippen MR) is 82.5 cm³/mol. The van der Waals surface area contributed by atoms with E-state index in [-0.39, 0.29) is 6.04 Å². The lowest BCUT2D eigenvalue weighted by Gasteiger charge is -2.15. The van der Waals surface area contributed by atoms with Crippen LogP contribution in [-0.2, 0) is 20.1 Å². The first-order chi connectivity index (χ1) is 10.1. The van der Waals surface area contributed by atoms with Gasteiger partial charge in [-0.1, -0.05) is 13.0 Å². The van der Waals surface area contributed by atoms with Crippen LogP contribution in [0.4, 0.5) is 0 Å². The Bertz CT molecular complexity index is 581. The van der Waals surface area contributed by atoms with E-state index in [1.807, 2.05) is 37.5 Å². The Morgan fingerprint density at radius 3 is 2.76 bits per heavy atom. The maximum atomic E-state index is 6.05. The molecule has 2 aromatic rings. The fourth-order valence-corrected chi connectivity index (χ4v) is 2.08. The maximum absolute atomic E-state index is 6.05. The highest BCUT2D eigenvalue weighted by atomic mass is 16.5. The number of nitrogens with two attached hydrogens (primary N) is 1. The number of nitrogens with zero attached hydrogens (tertiary/aromatic N) is 2. The molecule has 21 heavy (non-hydrogen) atoms. The molecule has 0 saturated carbocycles. The molecule has 2 rings (SSSR count). The summed E-state index contributed by atoms with van der Waals surface area (Å²) in [7, 11) is 3.54. The summed E-state index contributed by atoms with van der Waals surface area (Å²) in [6, 6.07) is 7.93. The van der Waals surface area contributed by atoms with E-state index in [1.165, 1.54) is 0 Å². The molecule has 0 aliphatic heterocycles. The van der Waals surface area contributed by atoms with E-state index in [1.54, 1.807) is 11.8 Å². The van der Waals surface area contributed by atoms with Gasteiger partial charge in [0.2, 0.25) is 0 Å². The van der Waals surface area contributed by atoms with Crippen LogP contribution in [0.5, 0.6) is 11.5 Å². The van der Waals surface area contributed by atoms with Gasteiger partial charge in [0, 0.05) is 25.4 Å². The van der Waals surface area contributed by atoms with Crippen molar-refractivity contribution in [2.75, 3.05) is 7.11 Å². The first-order valence-electron chi connectivity index (χ1n) is 7.16. The summed E-state index contributed by atoms with van der Waals surface area (Å²) >= 11 is 0. The molecule has 1 aromatic heterocycles. The van der Waals surface area contributed by atoms with Crippen LogP contribution >= 0.6 is 0 Å². The number of rotatable bonds is 7. The molecular weight excluding hydrogens is 266 g/mol. The molecular formula is C16H23N3O2. The zero-order valence-electron chi connectivity index (χ0n) is 12.9. The molecule has 0 aliphatic rings. The van der Waals surface area contributed by atoms with Crippen molar-refractivity contribution < 1.29 is 9.47 Å². The highest BCUT2D eigenvalue weighted by Gasteiger charge is 2.10.